The molecule has 2 N–H and O–H groups in total. The van der Waals surface area contributed by atoms with Crippen LogP contribution in [-0.4, -0.2) is 36.1 Å². The summed E-state index contributed by atoms with van der Waals surface area (Å²) in [7, 11) is 0. The maximum absolute atomic E-state index is 12.1. The second kappa shape index (κ2) is 6.31. The van der Waals surface area contributed by atoms with E-state index < -0.39 is 4.92 Å². The van der Waals surface area contributed by atoms with Crippen molar-refractivity contribution in [1.82, 2.24) is 5.32 Å². The van der Waals surface area contributed by atoms with E-state index in [1.807, 2.05) is 0 Å². The van der Waals surface area contributed by atoms with Crippen LogP contribution in [0.25, 0.3) is 0 Å². The highest BCUT2D eigenvalue weighted by atomic mass is 16.6. The first-order chi connectivity index (χ1) is 10.6. The predicted molar refractivity (Wildman–Crippen MR) is 81.0 cm³/mol. The summed E-state index contributed by atoms with van der Waals surface area (Å²) in [5.74, 6) is -0.309. The van der Waals surface area contributed by atoms with Crippen molar-refractivity contribution >= 4 is 17.3 Å². The number of rotatable bonds is 6. The highest BCUT2D eigenvalue weighted by Gasteiger charge is 2.25. The number of nitro groups is 1. The van der Waals surface area contributed by atoms with Crippen LogP contribution in [0.5, 0.6) is 0 Å². The Morgan fingerprint density at radius 1 is 1.36 bits per heavy atom. The van der Waals surface area contributed by atoms with Gasteiger partial charge in [0.05, 0.1) is 11.0 Å². The SMILES string of the molecule is O=C(NC[C@@H]1CCCO1)c1ccc(NC2CC2)c([N+](=O)[O-])c1. The van der Waals surface area contributed by atoms with Crippen LogP contribution in [0.2, 0.25) is 0 Å². The minimum Gasteiger partial charge on any atom is -0.377 e. The molecule has 0 radical (unpaired) electrons. The Kier molecular flexibility index (Phi) is 4.24. The molecule has 1 heterocycles. The van der Waals surface area contributed by atoms with Gasteiger partial charge in [-0.15, -0.1) is 0 Å². The van der Waals surface area contributed by atoms with Gasteiger partial charge in [0.25, 0.3) is 11.6 Å². The Balaban J connectivity index is 1.67. The minimum absolute atomic E-state index is 0.0507. The van der Waals surface area contributed by atoms with E-state index in [4.69, 9.17) is 4.74 Å². The van der Waals surface area contributed by atoms with E-state index in [-0.39, 0.29) is 17.7 Å². The van der Waals surface area contributed by atoms with Crippen molar-refractivity contribution in [1.29, 1.82) is 0 Å². The molecule has 1 aromatic carbocycles. The number of hydrogen-bond donors (Lipinski definition) is 2. The van der Waals surface area contributed by atoms with Crippen molar-refractivity contribution in [3.05, 3.63) is 33.9 Å². The molecule has 0 spiro atoms. The Bertz CT molecular complexity index is 580. The van der Waals surface area contributed by atoms with Crippen molar-refractivity contribution in [3.8, 4) is 0 Å². The van der Waals surface area contributed by atoms with Crippen molar-refractivity contribution in [3.63, 3.8) is 0 Å². The summed E-state index contributed by atoms with van der Waals surface area (Å²) in [6.07, 6.45) is 4.05. The fourth-order valence-electron chi connectivity index (χ4n) is 2.51. The number of nitro benzene ring substituents is 1. The third kappa shape index (κ3) is 3.54. The van der Waals surface area contributed by atoms with Gasteiger partial charge in [0.15, 0.2) is 0 Å². The Morgan fingerprint density at radius 2 is 2.18 bits per heavy atom. The topological polar surface area (TPSA) is 93.5 Å². The van der Waals surface area contributed by atoms with Gasteiger partial charge >= 0.3 is 0 Å². The van der Waals surface area contributed by atoms with Crippen LogP contribution >= 0.6 is 0 Å². The van der Waals surface area contributed by atoms with E-state index in [2.05, 4.69) is 10.6 Å². The van der Waals surface area contributed by atoms with E-state index in [1.165, 1.54) is 6.07 Å². The molecule has 22 heavy (non-hydrogen) atoms. The van der Waals surface area contributed by atoms with Crippen molar-refractivity contribution in [2.75, 3.05) is 18.5 Å². The number of amides is 1. The van der Waals surface area contributed by atoms with Gasteiger partial charge in [-0.3, -0.25) is 14.9 Å². The molecule has 2 aliphatic rings. The van der Waals surface area contributed by atoms with Gasteiger partial charge in [0.2, 0.25) is 0 Å². The van der Waals surface area contributed by atoms with Crippen LogP contribution in [-0.2, 0) is 4.74 Å². The first-order valence-electron chi connectivity index (χ1n) is 7.58. The van der Waals surface area contributed by atoms with Gasteiger partial charge in [0, 0.05) is 30.8 Å². The van der Waals surface area contributed by atoms with E-state index in [9.17, 15) is 14.9 Å². The fourth-order valence-corrected chi connectivity index (χ4v) is 2.51. The molecule has 1 saturated heterocycles. The number of nitrogens with zero attached hydrogens (tertiary/aromatic N) is 1. The van der Waals surface area contributed by atoms with E-state index in [0.29, 0.717) is 23.8 Å². The van der Waals surface area contributed by atoms with E-state index in [1.54, 1.807) is 12.1 Å². The zero-order valence-electron chi connectivity index (χ0n) is 12.2. The molecular weight excluding hydrogens is 286 g/mol. The fraction of sp³-hybridized carbons (Fsp3) is 0.533. The van der Waals surface area contributed by atoms with Gasteiger partial charge in [-0.2, -0.15) is 0 Å². The standard InChI is InChI=1S/C15H19N3O4/c19-15(16-9-12-2-1-7-22-12)10-3-6-13(17-11-4-5-11)14(8-10)18(20)21/h3,6,8,11-12,17H,1-2,4-5,7,9H2,(H,16,19)/t12-/m0/s1. The number of nitrogens with one attached hydrogen (secondary N) is 2. The largest absolute Gasteiger partial charge is 0.377 e. The second-order valence-electron chi connectivity index (χ2n) is 5.75. The summed E-state index contributed by atoms with van der Waals surface area (Å²) < 4.78 is 5.44. The summed E-state index contributed by atoms with van der Waals surface area (Å²) >= 11 is 0. The summed E-state index contributed by atoms with van der Waals surface area (Å²) in [6.45, 7) is 1.17. The number of anilines is 1. The van der Waals surface area contributed by atoms with Gasteiger partial charge in [0.1, 0.15) is 5.69 Å². The monoisotopic (exact) mass is 305 g/mol. The lowest BCUT2D eigenvalue weighted by Crippen LogP contribution is -2.31. The second-order valence-corrected chi connectivity index (χ2v) is 5.75. The molecule has 7 nitrogen and oxygen atoms in total. The van der Waals surface area contributed by atoms with Gasteiger partial charge in [-0.25, -0.2) is 0 Å². The maximum atomic E-state index is 12.1. The minimum atomic E-state index is -0.457. The highest BCUT2D eigenvalue weighted by molar-refractivity contribution is 5.95. The molecule has 1 aliphatic carbocycles. The van der Waals surface area contributed by atoms with Gasteiger partial charge in [-0.05, 0) is 37.8 Å². The van der Waals surface area contributed by atoms with E-state index in [0.717, 1.165) is 32.3 Å². The summed E-state index contributed by atoms with van der Waals surface area (Å²) in [5.41, 5.74) is 0.714. The van der Waals surface area contributed by atoms with Gasteiger partial charge in [-0.1, -0.05) is 0 Å². The lowest BCUT2D eigenvalue weighted by Gasteiger charge is -2.11. The molecular formula is C15H19N3O4. The van der Waals surface area contributed by atoms with Crippen LogP contribution in [0.3, 0.4) is 0 Å². The molecule has 1 saturated carbocycles. The molecule has 1 amide bonds. The van der Waals surface area contributed by atoms with Crippen LogP contribution in [0.15, 0.2) is 18.2 Å². The summed E-state index contributed by atoms with van der Waals surface area (Å²) in [6, 6.07) is 4.87. The average molecular weight is 305 g/mol. The van der Waals surface area contributed by atoms with Crippen LogP contribution in [0, 0.1) is 10.1 Å². The van der Waals surface area contributed by atoms with Gasteiger partial charge < -0.3 is 15.4 Å². The molecule has 0 bridgehead atoms. The molecule has 1 atom stereocenters. The normalized spacial score (nSPS) is 20.6. The Morgan fingerprint density at radius 3 is 2.82 bits per heavy atom. The number of carbonyl (C=O) groups excluding carboxylic acids is 1. The maximum Gasteiger partial charge on any atom is 0.293 e. The smallest absolute Gasteiger partial charge is 0.293 e. The Hall–Kier alpha value is -2.15. The molecule has 3 rings (SSSR count). The van der Waals surface area contributed by atoms with Crippen molar-refractivity contribution in [2.45, 2.75) is 37.8 Å². The molecule has 118 valence electrons. The third-order valence-corrected chi connectivity index (χ3v) is 3.91. The summed E-state index contributed by atoms with van der Waals surface area (Å²) in [5, 5.41) is 17.1. The summed E-state index contributed by atoms with van der Waals surface area (Å²) in [4.78, 5) is 22.8. The number of benzene rings is 1. The first kappa shape index (κ1) is 14.8. The predicted octanol–water partition coefficient (Wildman–Crippen LogP) is 2.08. The number of carbonyl (C=O) groups is 1. The average Bonchev–Trinajstić information content (AvgIpc) is 3.16. The quantitative estimate of drug-likeness (QED) is 0.620. The van der Waals surface area contributed by atoms with E-state index >= 15 is 0 Å². The number of hydrogen-bond acceptors (Lipinski definition) is 5. The lowest BCUT2D eigenvalue weighted by molar-refractivity contribution is -0.384. The van der Waals surface area contributed by atoms with Crippen LogP contribution < -0.4 is 10.6 Å². The lowest BCUT2D eigenvalue weighted by atomic mass is 10.1. The molecule has 1 aliphatic heterocycles. The van der Waals surface area contributed by atoms with Crippen molar-refractivity contribution in [2.24, 2.45) is 0 Å². The van der Waals surface area contributed by atoms with Crippen LogP contribution in [0.1, 0.15) is 36.0 Å². The zero-order chi connectivity index (χ0) is 15.5. The van der Waals surface area contributed by atoms with Crippen molar-refractivity contribution < 1.29 is 14.5 Å². The molecule has 2 fully saturated rings. The molecule has 7 heteroatoms. The number of ether oxygens (including phenoxy) is 1. The molecule has 0 unspecified atom stereocenters. The zero-order valence-corrected chi connectivity index (χ0v) is 12.2. The van der Waals surface area contributed by atoms with Crippen LogP contribution in [0.4, 0.5) is 11.4 Å². The molecule has 0 aromatic heterocycles. The highest BCUT2D eigenvalue weighted by Crippen LogP contribution is 2.31. The first-order valence-corrected chi connectivity index (χ1v) is 7.58. The molecule has 1 aromatic rings. The third-order valence-electron chi connectivity index (χ3n) is 3.91. The Labute approximate surface area is 128 Å².